The van der Waals surface area contributed by atoms with Gasteiger partial charge in [0.15, 0.2) is 0 Å². The zero-order valence-corrected chi connectivity index (χ0v) is 20.3. The maximum absolute atomic E-state index is 12.0. The Kier molecular flexibility index (Phi) is 7.00. The molecule has 35 heavy (non-hydrogen) atoms. The number of aromatic nitrogens is 5. The molecule has 0 aliphatic carbocycles. The van der Waals surface area contributed by atoms with Crippen molar-refractivity contribution in [1.29, 1.82) is 0 Å². The number of phosphoric acid groups is 3. The smallest absolute Gasteiger partial charge is 0.383 e. The summed E-state index contributed by atoms with van der Waals surface area (Å²) in [6, 6.07) is 0. The van der Waals surface area contributed by atoms with Crippen LogP contribution in [0.5, 0.6) is 0 Å². The van der Waals surface area contributed by atoms with E-state index in [1.807, 2.05) is 6.92 Å². The number of ether oxygens (including phenoxy) is 1. The van der Waals surface area contributed by atoms with E-state index < -0.39 is 42.4 Å². The van der Waals surface area contributed by atoms with Gasteiger partial charge < -0.3 is 39.1 Å². The Hall–Kier alpha value is -2.07. The molecule has 6 N–H and O–H groups in total. The predicted octanol–water partition coefficient (Wildman–Crippen LogP) is 1.33. The monoisotopic (exact) mass is 556 g/mol. The summed E-state index contributed by atoms with van der Waals surface area (Å²) < 4.78 is 58.6. The molecule has 3 aromatic rings. The number of nitrogens with zero attached hydrogens (tertiary/aromatic N) is 5. The molecule has 5 unspecified atom stereocenters. The zero-order valence-electron chi connectivity index (χ0n) is 17.6. The van der Waals surface area contributed by atoms with Crippen LogP contribution in [0.2, 0.25) is 0 Å². The maximum atomic E-state index is 12.0. The molecule has 0 aromatic carbocycles. The van der Waals surface area contributed by atoms with Gasteiger partial charge in [0.2, 0.25) is 12.2 Å². The van der Waals surface area contributed by atoms with Crippen molar-refractivity contribution in [2.45, 2.75) is 25.7 Å². The Labute approximate surface area is 195 Å². The van der Waals surface area contributed by atoms with Crippen LogP contribution in [0.25, 0.3) is 22.4 Å². The number of rotatable bonds is 9. The van der Waals surface area contributed by atoms with Crippen LogP contribution in [0.3, 0.4) is 0 Å². The average Bonchev–Trinajstić information content (AvgIpc) is 3.42. The summed E-state index contributed by atoms with van der Waals surface area (Å²) in [6.45, 7) is 1.26. The third kappa shape index (κ3) is 6.02. The first kappa shape index (κ1) is 26.0. The van der Waals surface area contributed by atoms with E-state index in [4.69, 9.17) is 24.8 Å². The van der Waals surface area contributed by atoms with Gasteiger partial charge in [-0.05, 0) is 6.42 Å². The van der Waals surface area contributed by atoms with Gasteiger partial charge >= 0.3 is 23.5 Å². The molecule has 0 radical (unpaired) electrons. The van der Waals surface area contributed by atoms with Crippen molar-refractivity contribution in [2.75, 3.05) is 12.3 Å². The van der Waals surface area contributed by atoms with Crippen LogP contribution in [0, 0.1) is 5.92 Å². The Bertz CT molecular complexity index is 1360. The van der Waals surface area contributed by atoms with Crippen LogP contribution in [0.15, 0.2) is 23.4 Å². The molecule has 0 saturated carbocycles. The van der Waals surface area contributed by atoms with Gasteiger partial charge in [-0.25, -0.2) is 23.7 Å². The van der Waals surface area contributed by atoms with Gasteiger partial charge in [-0.3, -0.25) is 4.52 Å². The molecule has 0 amide bonds. The molecular formula is C14H19N6O12P3. The lowest BCUT2D eigenvalue weighted by Crippen LogP contribution is -2.17. The molecule has 1 aliphatic heterocycles. The molecule has 5 atom stereocenters. The molecule has 3 aromatic heterocycles. The van der Waals surface area contributed by atoms with Gasteiger partial charge in [0, 0.05) is 12.1 Å². The number of anilines is 1. The quantitative estimate of drug-likeness (QED) is 0.233. The topological polar surface area (TPSA) is 265 Å². The van der Waals surface area contributed by atoms with E-state index in [2.05, 4.69) is 33.3 Å². The third-order valence-corrected chi connectivity index (χ3v) is 8.61. The highest BCUT2D eigenvalue weighted by Crippen LogP contribution is 2.66. The van der Waals surface area contributed by atoms with Crippen molar-refractivity contribution in [3.63, 3.8) is 0 Å². The van der Waals surface area contributed by atoms with Crippen LogP contribution >= 0.6 is 23.5 Å². The zero-order chi connectivity index (χ0) is 25.6. The van der Waals surface area contributed by atoms with Crippen LogP contribution in [-0.2, 0) is 31.6 Å². The molecule has 18 nitrogen and oxygen atoms in total. The molecule has 4 rings (SSSR count). The van der Waals surface area contributed by atoms with E-state index in [9.17, 15) is 23.5 Å². The average molecular weight is 556 g/mol. The molecule has 0 spiro atoms. The second-order valence-electron chi connectivity index (χ2n) is 7.41. The van der Waals surface area contributed by atoms with E-state index in [1.165, 1.54) is 6.33 Å². The van der Waals surface area contributed by atoms with Gasteiger partial charge in [0.25, 0.3) is 0 Å². The first-order valence-corrected chi connectivity index (χ1v) is 14.1. The van der Waals surface area contributed by atoms with Gasteiger partial charge in [-0.15, -0.1) is 0 Å². The molecule has 1 aliphatic rings. The number of hydrogen-bond acceptors (Lipinski definition) is 13. The predicted molar refractivity (Wildman–Crippen MR) is 113 cm³/mol. The highest BCUT2D eigenvalue weighted by molar-refractivity contribution is 7.66. The van der Waals surface area contributed by atoms with E-state index in [0.29, 0.717) is 23.0 Å². The molecule has 0 bridgehead atoms. The fourth-order valence-corrected chi connectivity index (χ4v) is 6.66. The summed E-state index contributed by atoms with van der Waals surface area (Å²) in [5, 5.41) is 4.27. The first-order chi connectivity index (χ1) is 16.2. The third-order valence-electron chi connectivity index (χ3n) is 4.81. The number of nitrogen functional groups attached to an aromatic ring is 1. The van der Waals surface area contributed by atoms with E-state index in [0.717, 1.165) is 6.39 Å². The Balaban J connectivity index is 1.50. The fraction of sp³-hybridized carbons (Fsp3) is 0.429. The highest BCUT2D eigenvalue weighted by Gasteiger charge is 2.42. The highest BCUT2D eigenvalue weighted by atomic mass is 31.3. The van der Waals surface area contributed by atoms with Crippen molar-refractivity contribution in [3.05, 3.63) is 18.9 Å². The van der Waals surface area contributed by atoms with Gasteiger partial charge in [-0.2, -0.15) is 13.6 Å². The lowest BCUT2D eigenvalue weighted by atomic mass is 10.1. The minimum absolute atomic E-state index is 0.170. The number of phosphoric ester groups is 1. The molecule has 192 valence electrons. The van der Waals surface area contributed by atoms with Crippen LogP contribution in [0.1, 0.15) is 19.6 Å². The minimum atomic E-state index is -5.61. The number of fused-ring (bicyclic) bond motifs is 1. The van der Waals surface area contributed by atoms with Crippen molar-refractivity contribution in [3.8, 4) is 11.4 Å². The van der Waals surface area contributed by atoms with Crippen molar-refractivity contribution < 1.29 is 55.7 Å². The second kappa shape index (κ2) is 9.42. The van der Waals surface area contributed by atoms with E-state index >= 15 is 0 Å². The van der Waals surface area contributed by atoms with Crippen LogP contribution in [0.4, 0.5) is 5.82 Å². The lowest BCUT2D eigenvalue weighted by Gasteiger charge is -2.19. The summed E-state index contributed by atoms with van der Waals surface area (Å²) in [7, 11) is -16.4. The number of nitrogens with two attached hydrogens (primary N) is 1. The van der Waals surface area contributed by atoms with Crippen LogP contribution < -0.4 is 5.73 Å². The summed E-state index contributed by atoms with van der Waals surface area (Å²) >= 11 is 0. The lowest BCUT2D eigenvalue weighted by molar-refractivity contribution is -0.0287. The second-order valence-corrected chi connectivity index (χ2v) is 11.8. The minimum Gasteiger partial charge on any atom is -0.383 e. The van der Waals surface area contributed by atoms with E-state index in [-0.39, 0.29) is 17.6 Å². The standard InChI is InChI=1S/C14H19N6O12P3/c1-7-2-8(4-29-34(24,25)32-35(26,27)31-33(21,22)23)30-14(7)20-3-9(12-18-6-28-19-12)10-11(15)16-5-17-13(10)20/h3,5-8,14H,2,4H2,1H3,(H,24,25)(H,26,27)(H2,15,16,17)(H2,21,22,23). The largest absolute Gasteiger partial charge is 0.490 e. The first-order valence-electron chi connectivity index (χ1n) is 9.56. The maximum Gasteiger partial charge on any atom is 0.490 e. The van der Waals surface area contributed by atoms with Crippen molar-refractivity contribution >= 4 is 40.3 Å². The summed E-state index contributed by atoms with van der Waals surface area (Å²) in [4.78, 5) is 48.4. The summed E-state index contributed by atoms with van der Waals surface area (Å²) in [5.41, 5.74) is 6.93. The van der Waals surface area contributed by atoms with Gasteiger partial charge in [-0.1, -0.05) is 12.1 Å². The van der Waals surface area contributed by atoms with Crippen molar-refractivity contribution in [1.82, 2.24) is 24.7 Å². The van der Waals surface area contributed by atoms with Crippen molar-refractivity contribution in [2.24, 2.45) is 5.92 Å². The fourth-order valence-electron chi connectivity index (χ4n) is 3.61. The van der Waals surface area contributed by atoms with Crippen LogP contribution in [-0.4, -0.2) is 57.0 Å². The van der Waals surface area contributed by atoms with E-state index in [1.54, 1.807) is 10.8 Å². The molecule has 21 heteroatoms. The summed E-state index contributed by atoms with van der Waals surface area (Å²) in [6.07, 6.45) is 2.93. The molecular weight excluding hydrogens is 537 g/mol. The molecule has 1 fully saturated rings. The Morgan fingerprint density at radius 3 is 2.54 bits per heavy atom. The normalized spacial score (nSPS) is 24.4. The molecule has 1 saturated heterocycles. The Morgan fingerprint density at radius 2 is 1.89 bits per heavy atom. The number of hydrogen-bond donors (Lipinski definition) is 5. The molecule has 4 heterocycles. The van der Waals surface area contributed by atoms with Gasteiger partial charge in [0.1, 0.15) is 24.0 Å². The SMILES string of the molecule is CC1CC(COP(=O)(O)OP(=O)(O)OP(=O)(O)O)OC1n1cc(-c2ncon2)c2c(N)ncnc21. The Morgan fingerprint density at radius 1 is 1.14 bits per heavy atom. The summed E-state index contributed by atoms with van der Waals surface area (Å²) in [5.74, 6) is 0.225. The van der Waals surface area contributed by atoms with Gasteiger partial charge in [0.05, 0.1) is 23.7 Å².